The van der Waals surface area contributed by atoms with Gasteiger partial charge in [0.05, 0.1) is 5.02 Å². The number of hydrogen-bond acceptors (Lipinski definition) is 12. The van der Waals surface area contributed by atoms with Crippen LogP contribution >= 0.6 is 23.2 Å². The van der Waals surface area contributed by atoms with Crippen LogP contribution in [0.2, 0.25) is 10.0 Å². The van der Waals surface area contributed by atoms with Crippen LogP contribution < -0.4 is 35.1 Å². The number of rotatable bonds is 23. The minimum atomic E-state index is -0.0947. The van der Waals surface area contributed by atoms with E-state index < -0.39 is 0 Å². The van der Waals surface area contributed by atoms with E-state index in [-0.39, 0.29) is 28.9 Å². The molecule has 10 rings (SSSR count). The topological polar surface area (TPSA) is 126 Å². The van der Waals surface area contributed by atoms with Crippen molar-refractivity contribution in [2.24, 2.45) is 0 Å². The van der Waals surface area contributed by atoms with Crippen molar-refractivity contribution < 1.29 is 24.0 Å². The first-order valence-electron chi connectivity index (χ1n) is 32.7. The Hall–Kier alpha value is -10.3. The summed E-state index contributed by atoms with van der Waals surface area (Å²) in [4.78, 5) is 72.0. The molecule has 0 aromatic heterocycles. The Balaban J connectivity index is 0.000000192. The second-order valence-corrected chi connectivity index (χ2v) is 23.8. The highest BCUT2D eigenvalue weighted by Crippen LogP contribution is 2.27. The number of carbonyl (C=O) groups excluding carboxylic acids is 5. The highest BCUT2D eigenvalue weighted by molar-refractivity contribution is 6.35. The average molecular weight is 1340 g/mol. The SMILES string of the molecule is CCN(CC)c1ccc(C(=O)c2ccc(Cl)cc2)c(Cl)c1.CCN(CC)c1ccc(C(=O)c2ccccc2)cc1.CCNc1ccc(C(=O)c2ccc(NCC)cc2)cc1.CN(C)c1ccc(C(=O)c2ccc(N(C)C)cc2)cc1.CN(C)c1ccc(C(=O)c2ccccc2)cc1. The maximum absolute atomic E-state index is 12.5. The number of hydrogen-bond donors (Lipinski definition) is 2. The van der Waals surface area contributed by atoms with Crippen molar-refractivity contribution in [2.75, 3.05) is 117 Å². The van der Waals surface area contributed by atoms with Gasteiger partial charge in [0, 0.05) is 182 Å². The third-order valence-corrected chi connectivity index (χ3v) is 16.3. The lowest BCUT2D eigenvalue weighted by atomic mass is 10.0. The molecular weight excluding hydrogens is 1250 g/mol. The molecule has 0 unspecified atom stereocenters. The van der Waals surface area contributed by atoms with Crippen molar-refractivity contribution in [2.45, 2.75) is 41.5 Å². The van der Waals surface area contributed by atoms with Crippen molar-refractivity contribution in [3.8, 4) is 0 Å². The van der Waals surface area contributed by atoms with E-state index in [1.54, 1.807) is 30.3 Å². The van der Waals surface area contributed by atoms with Crippen molar-refractivity contribution in [1.29, 1.82) is 0 Å². The van der Waals surface area contributed by atoms with Gasteiger partial charge in [0.25, 0.3) is 0 Å². The fourth-order valence-electron chi connectivity index (χ4n) is 10.1. The van der Waals surface area contributed by atoms with E-state index in [1.807, 2.05) is 289 Å². The van der Waals surface area contributed by atoms with Crippen LogP contribution in [-0.4, -0.2) is 110 Å². The molecule has 2 N–H and O–H groups in total. The molecule has 10 aromatic rings. The third-order valence-electron chi connectivity index (χ3n) is 15.8. The van der Waals surface area contributed by atoms with Crippen LogP contribution in [0.25, 0.3) is 0 Å². The number of nitrogens with zero attached hydrogens (tertiary/aromatic N) is 5. The van der Waals surface area contributed by atoms with Crippen LogP contribution in [0.1, 0.15) is 121 Å². The molecule has 0 atom stereocenters. The van der Waals surface area contributed by atoms with Gasteiger partial charge in [-0.1, -0.05) is 83.9 Å². The second kappa shape index (κ2) is 38.9. The zero-order chi connectivity index (χ0) is 70.4. The summed E-state index contributed by atoms with van der Waals surface area (Å²) >= 11 is 12.1. The summed E-state index contributed by atoms with van der Waals surface area (Å²) in [6.45, 7) is 18.0. The van der Waals surface area contributed by atoms with Gasteiger partial charge in [-0.15, -0.1) is 0 Å². The highest BCUT2D eigenvalue weighted by Gasteiger charge is 2.16. The molecule has 0 saturated carbocycles. The Morgan fingerprint density at radius 1 is 0.289 bits per heavy atom. The molecule has 0 heterocycles. The van der Waals surface area contributed by atoms with Gasteiger partial charge in [0.15, 0.2) is 28.9 Å². The van der Waals surface area contributed by atoms with E-state index in [0.29, 0.717) is 43.4 Å². The normalized spacial score (nSPS) is 10.2. The quantitative estimate of drug-likeness (QED) is 0.0592. The Morgan fingerprint density at radius 3 is 0.814 bits per heavy atom. The maximum Gasteiger partial charge on any atom is 0.194 e. The Kier molecular flexibility index (Phi) is 30.4. The number of benzene rings is 10. The van der Waals surface area contributed by atoms with E-state index >= 15 is 0 Å². The molecule has 0 aliphatic heterocycles. The number of ketones is 5. The number of halogens is 2. The van der Waals surface area contributed by atoms with Gasteiger partial charge in [-0.25, -0.2) is 0 Å². The van der Waals surface area contributed by atoms with Crippen molar-refractivity contribution in [1.82, 2.24) is 0 Å². The van der Waals surface area contributed by atoms with Crippen molar-refractivity contribution >= 4 is 91.9 Å². The predicted molar refractivity (Wildman–Crippen MR) is 410 cm³/mol. The highest BCUT2D eigenvalue weighted by atomic mass is 35.5. The summed E-state index contributed by atoms with van der Waals surface area (Å²) in [5.74, 6) is 0.155. The average Bonchev–Trinajstić information content (AvgIpc) is 0.875. The van der Waals surface area contributed by atoms with Gasteiger partial charge in [-0.2, -0.15) is 0 Å². The lowest BCUT2D eigenvalue weighted by Gasteiger charge is -2.21. The first-order chi connectivity index (χ1) is 46.7. The minimum absolute atomic E-state index is 0.0519. The predicted octanol–water partition coefficient (Wildman–Crippen LogP) is 18.6. The molecule has 97 heavy (non-hydrogen) atoms. The van der Waals surface area contributed by atoms with E-state index in [1.165, 1.54) is 0 Å². The fourth-order valence-corrected chi connectivity index (χ4v) is 10.5. The molecule has 0 amide bonds. The van der Waals surface area contributed by atoms with Crippen LogP contribution in [0.4, 0.5) is 39.8 Å². The van der Waals surface area contributed by atoms with Gasteiger partial charge in [-0.05, 0) is 230 Å². The van der Waals surface area contributed by atoms with Crippen LogP contribution in [0.5, 0.6) is 0 Å². The second-order valence-electron chi connectivity index (χ2n) is 23.0. The molecule has 14 heteroatoms. The molecule has 12 nitrogen and oxygen atoms in total. The molecule has 0 saturated heterocycles. The Morgan fingerprint density at radius 2 is 0.536 bits per heavy atom. The largest absolute Gasteiger partial charge is 0.385 e. The first-order valence-corrected chi connectivity index (χ1v) is 33.5. The number of nitrogens with one attached hydrogen (secondary N) is 2. The zero-order valence-electron chi connectivity index (χ0n) is 57.9. The summed E-state index contributed by atoms with van der Waals surface area (Å²) in [6, 6.07) is 77.1. The van der Waals surface area contributed by atoms with Crippen LogP contribution in [-0.2, 0) is 0 Å². The van der Waals surface area contributed by atoms with Crippen molar-refractivity contribution in [3.05, 3.63) is 314 Å². The Bertz CT molecular complexity index is 3940. The smallest absolute Gasteiger partial charge is 0.194 e. The molecule has 502 valence electrons. The number of carbonyl (C=O) groups is 5. The van der Waals surface area contributed by atoms with Gasteiger partial charge in [-0.3, -0.25) is 24.0 Å². The van der Waals surface area contributed by atoms with E-state index in [0.717, 1.165) is 101 Å². The lowest BCUT2D eigenvalue weighted by Crippen LogP contribution is -2.21. The van der Waals surface area contributed by atoms with Crippen LogP contribution in [0.15, 0.2) is 249 Å². The van der Waals surface area contributed by atoms with Gasteiger partial charge < -0.3 is 35.1 Å². The lowest BCUT2D eigenvalue weighted by molar-refractivity contribution is 0.103. The van der Waals surface area contributed by atoms with E-state index in [9.17, 15) is 24.0 Å². The summed E-state index contributed by atoms with van der Waals surface area (Å²) in [6.07, 6.45) is 0. The fraction of sp³-hybridized carbons (Fsp3) is 0.217. The van der Waals surface area contributed by atoms with Gasteiger partial charge in [0.2, 0.25) is 0 Å². The van der Waals surface area contributed by atoms with Crippen LogP contribution in [0.3, 0.4) is 0 Å². The van der Waals surface area contributed by atoms with Gasteiger partial charge in [0.1, 0.15) is 0 Å². The number of anilines is 7. The van der Waals surface area contributed by atoms with Crippen LogP contribution in [0, 0.1) is 0 Å². The standard InChI is InChI=1S/C17H17Cl2NO.2C17H20N2O.C17H19NO.C15H15NO/c1-3-20(4-2)14-9-10-15(16(19)11-14)17(21)12-5-7-13(18)8-6-12;1-18(2)15-9-5-13(6-10-15)17(20)14-7-11-16(12-8-14)19(3)4;1-3-18-15-9-5-13(6-10-15)17(20)14-7-11-16(12-8-14)19-4-2;1-3-18(4-2)16-12-10-15(11-13-16)17(19)14-8-6-5-7-9-14;1-16(2)14-10-8-13(9-11-14)15(17)12-6-4-3-5-7-12/h5-11H,3-4H2,1-2H3;5-12H,1-4H3;5-12,18-19H,3-4H2,1-2H3;5-13H,3-4H2,1-2H3;3-11H,1-2H3. The molecule has 0 bridgehead atoms. The molecule has 10 aromatic carbocycles. The Labute approximate surface area is 585 Å². The summed E-state index contributed by atoms with van der Waals surface area (Å²) in [5.41, 5.74) is 14.4. The molecule has 0 spiro atoms. The summed E-state index contributed by atoms with van der Waals surface area (Å²) in [5, 5.41) is 7.51. The van der Waals surface area contributed by atoms with E-state index in [4.69, 9.17) is 23.2 Å². The molecule has 0 aliphatic rings. The van der Waals surface area contributed by atoms with Gasteiger partial charge >= 0.3 is 0 Å². The molecule has 0 fully saturated rings. The first kappa shape index (κ1) is 75.8. The monoisotopic (exact) mass is 1340 g/mol. The molecular formula is C83H91Cl2N7O5. The zero-order valence-corrected chi connectivity index (χ0v) is 59.5. The summed E-state index contributed by atoms with van der Waals surface area (Å²) in [7, 11) is 11.9. The minimum Gasteiger partial charge on any atom is -0.385 e. The molecule has 0 radical (unpaired) electrons. The van der Waals surface area contributed by atoms with Crippen molar-refractivity contribution in [3.63, 3.8) is 0 Å². The third kappa shape index (κ3) is 22.7. The summed E-state index contributed by atoms with van der Waals surface area (Å²) < 4.78 is 0. The van der Waals surface area contributed by atoms with E-state index in [2.05, 4.69) is 48.1 Å². The maximum atomic E-state index is 12.5. The molecule has 0 aliphatic carbocycles.